The molecule has 0 aliphatic heterocycles. The Bertz CT molecular complexity index is 466. The van der Waals surface area contributed by atoms with E-state index < -0.39 is 18.2 Å². The highest BCUT2D eigenvalue weighted by Crippen LogP contribution is 2.34. The van der Waals surface area contributed by atoms with Gasteiger partial charge in [0.25, 0.3) is 0 Å². The van der Waals surface area contributed by atoms with Gasteiger partial charge in [0, 0.05) is 0 Å². The van der Waals surface area contributed by atoms with Crippen molar-refractivity contribution < 1.29 is 17.9 Å². The summed E-state index contributed by atoms with van der Waals surface area (Å²) in [6, 6.07) is 0. The van der Waals surface area contributed by atoms with Crippen LogP contribution in [-0.2, 0) is 4.74 Å². The van der Waals surface area contributed by atoms with Crippen molar-refractivity contribution in [3.8, 4) is 0 Å². The summed E-state index contributed by atoms with van der Waals surface area (Å²) in [4.78, 5) is 0. The molecule has 20 heavy (non-hydrogen) atoms. The Morgan fingerprint density at radius 3 is 1.70 bits per heavy atom. The predicted molar refractivity (Wildman–Crippen MR) is 75.6 cm³/mol. The Morgan fingerprint density at radius 1 is 0.900 bits per heavy atom. The monoisotopic (exact) mass is 308 g/mol. The number of halogens is 4. The summed E-state index contributed by atoms with van der Waals surface area (Å²) < 4.78 is 40.9. The second kappa shape index (κ2) is 6.35. The normalized spacial score (nSPS) is 13.7. The lowest BCUT2D eigenvalue weighted by atomic mass is 9.88. The van der Waals surface area contributed by atoms with Crippen LogP contribution in [0.5, 0.6) is 0 Å². The van der Waals surface area contributed by atoms with E-state index in [0.717, 1.165) is 27.8 Å². The van der Waals surface area contributed by atoms with Crippen LogP contribution >= 0.6 is 11.6 Å². The minimum Gasteiger partial charge on any atom is -0.370 e. The fourth-order valence-corrected chi connectivity index (χ4v) is 2.78. The van der Waals surface area contributed by atoms with Crippen LogP contribution in [-0.4, -0.2) is 19.4 Å². The van der Waals surface area contributed by atoms with Crippen LogP contribution in [0.15, 0.2) is 0 Å². The van der Waals surface area contributed by atoms with Gasteiger partial charge < -0.3 is 4.74 Å². The molecular weight excluding hydrogens is 289 g/mol. The van der Waals surface area contributed by atoms with Crippen LogP contribution in [0.3, 0.4) is 0 Å². The quantitative estimate of drug-likeness (QED) is 0.704. The minimum absolute atomic E-state index is 0.148. The van der Waals surface area contributed by atoms with Crippen molar-refractivity contribution in [2.24, 2.45) is 0 Å². The number of alkyl halides is 4. The van der Waals surface area contributed by atoms with Crippen LogP contribution in [0.4, 0.5) is 13.2 Å². The lowest BCUT2D eigenvalue weighted by Gasteiger charge is -2.22. The Kier molecular flexibility index (Phi) is 5.50. The van der Waals surface area contributed by atoms with E-state index in [1.54, 1.807) is 0 Å². The SMILES string of the molecule is Cc1c(C)c(C)c(C(Cl)COCC(F)(F)F)c(C)c1C. The highest BCUT2D eigenvalue weighted by molar-refractivity contribution is 6.21. The second-order valence-corrected chi connectivity index (χ2v) is 5.66. The first-order valence-electron chi connectivity index (χ1n) is 6.41. The lowest BCUT2D eigenvalue weighted by Crippen LogP contribution is -2.19. The predicted octanol–water partition coefficient (Wildman–Crippen LogP) is 5.09. The summed E-state index contributed by atoms with van der Waals surface area (Å²) in [5.74, 6) is 0. The highest BCUT2D eigenvalue weighted by atomic mass is 35.5. The zero-order chi connectivity index (χ0) is 15.7. The summed E-state index contributed by atoms with van der Waals surface area (Å²) in [5, 5.41) is -0.574. The Morgan fingerprint density at radius 2 is 1.30 bits per heavy atom. The minimum atomic E-state index is -4.32. The van der Waals surface area contributed by atoms with Crippen LogP contribution in [0.1, 0.15) is 38.8 Å². The number of hydrogen-bond donors (Lipinski definition) is 0. The molecule has 0 heterocycles. The van der Waals surface area contributed by atoms with E-state index in [-0.39, 0.29) is 6.61 Å². The van der Waals surface area contributed by atoms with E-state index >= 15 is 0 Å². The van der Waals surface area contributed by atoms with E-state index in [1.807, 2.05) is 34.6 Å². The maximum absolute atomic E-state index is 12.1. The van der Waals surface area contributed by atoms with Crippen LogP contribution < -0.4 is 0 Å². The molecule has 1 aromatic rings. The van der Waals surface area contributed by atoms with Crippen molar-refractivity contribution in [2.45, 2.75) is 46.2 Å². The van der Waals surface area contributed by atoms with Crippen molar-refractivity contribution in [1.29, 1.82) is 0 Å². The van der Waals surface area contributed by atoms with Gasteiger partial charge in [-0.15, -0.1) is 11.6 Å². The standard InChI is InChI=1S/C15H20ClF3O/c1-8-9(2)11(4)14(12(5)10(8)3)13(16)6-20-7-15(17,18)19/h13H,6-7H2,1-5H3. The molecule has 0 saturated heterocycles. The lowest BCUT2D eigenvalue weighted by molar-refractivity contribution is -0.173. The zero-order valence-electron chi connectivity index (χ0n) is 12.4. The first-order chi connectivity index (χ1) is 9.06. The molecule has 0 spiro atoms. The third kappa shape index (κ3) is 3.89. The molecule has 0 aromatic heterocycles. The fourth-order valence-electron chi connectivity index (χ4n) is 2.36. The van der Waals surface area contributed by atoms with Crippen molar-refractivity contribution in [3.05, 3.63) is 33.4 Å². The molecule has 1 atom stereocenters. The third-order valence-corrected chi connectivity index (χ3v) is 4.25. The third-order valence-electron chi connectivity index (χ3n) is 3.90. The molecule has 114 valence electrons. The van der Waals surface area contributed by atoms with Crippen LogP contribution in [0.25, 0.3) is 0 Å². The molecule has 0 aliphatic rings. The van der Waals surface area contributed by atoms with E-state index in [1.165, 1.54) is 5.56 Å². The smallest absolute Gasteiger partial charge is 0.370 e. The van der Waals surface area contributed by atoms with Crippen LogP contribution in [0, 0.1) is 34.6 Å². The fraction of sp³-hybridized carbons (Fsp3) is 0.600. The number of ether oxygens (including phenoxy) is 1. The Balaban J connectivity index is 2.96. The molecule has 1 rings (SSSR count). The molecular formula is C15H20ClF3O. The summed E-state index contributed by atoms with van der Waals surface area (Å²) in [6.45, 7) is 8.52. The van der Waals surface area contributed by atoms with Gasteiger partial charge in [0.1, 0.15) is 6.61 Å². The maximum atomic E-state index is 12.1. The van der Waals surface area contributed by atoms with Gasteiger partial charge in [-0.05, 0) is 68.0 Å². The average Bonchev–Trinajstić information content (AvgIpc) is 2.32. The summed E-state index contributed by atoms with van der Waals surface area (Å²) in [6.07, 6.45) is -4.32. The van der Waals surface area contributed by atoms with Gasteiger partial charge in [0.2, 0.25) is 0 Å². The average molecular weight is 309 g/mol. The van der Waals surface area contributed by atoms with Gasteiger partial charge in [0.15, 0.2) is 0 Å². The molecule has 0 aliphatic carbocycles. The van der Waals surface area contributed by atoms with Gasteiger partial charge in [-0.3, -0.25) is 0 Å². The molecule has 0 bridgehead atoms. The maximum Gasteiger partial charge on any atom is 0.411 e. The van der Waals surface area contributed by atoms with Crippen LogP contribution in [0.2, 0.25) is 0 Å². The van der Waals surface area contributed by atoms with Crippen molar-refractivity contribution >= 4 is 11.6 Å². The molecule has 1 aromatic carbocycles. The molecule has 0 amide bonds. The molecule has 0 fully saturated rings. The Hall–Kier alpha value is -0.740. The zero-order valence-corrected chi connectivity index (χ0v) is 13.2. The first kappa shape index (κ1) is 17.3. The van der Waals surface area contributed by atoms with Crippen molar-refractivity contribution in [2.75, 3.05) is 13.2 Å². The van der Waals surface area contributed by atoms with Crippen molar-refractivity contribution in [3.63, 3.8) is 0 Å². The van der Waals surface area contributed by atoms with E-state index in [4.69, 9.17) is 11.6 Å². The molecule has 1 nitrogen and oxygen atoms in total. The Labute approximate surface area is 123 Å². The topological polar surface area (TPSA) is 9.23 Å². The van der Waals surface area contributed by atoms with Gasteiger partial charge >= 0.3 is 6.18 Å². The summed E-state index contributed by atoms with van der Waals surface area (Å²) in [7, 11) is 0. The number of benzene rings is 1. The molecule has 1 unspecified atom stereocenters. The van der Waals surface area contributed by atoms with Gasteiger partial charge in [-0.25, -0.2) is 0 Å². The number of hydrogen-bond acceptors (Lipinski definition) is 1. The van der Waals surface area contributed by atoms with Gasteiger partial charge in [0.05, 0.1) is 12.0 Å². The van der Waals surface area contributed by atoms with E-state index in [9.17, 15) is 13.2 Å². The first-order valence-corrected chi connectivity index (χ1v) is 6.85. The molecule has 0 saturated carbocycles. The van der Waals surface area contributed by atoms with Crippen molar-refractivity contribution in [1.82, 2.24) is 0 Å². The summed E-state index contributed by atoms with van der Waals surface area (Å²) >= 11 is 6.25. The molecule has 0 radical (unpaired) electrons. The highest BCUT2D eigenvalue weighted by Gasteiger charge is 2.28. The van der Waals surface area contributed by atoms with Gasteiger partial charge in [-0.1, -0.05) is 0 Å². The summed E-state index contributed by atoms with van der Waals surface area (Å²) in [5.41, 5.74) is 6.40. The van der Waals surface area contributed by atoms with E-state index in [0.29, 0.717) is 0 Å². The molecule has 5 heteroatoms. The number of rotatable bonds is 4. The van der Waals surface area contributed by atoms with E-state index in [2.05, 4.69) is 4.74 Å². The largest absolute Gasteiger partial charge is 0.411 e. The van der Waals surface area contributed by atoms with Gasteiger partial charge in [-0.2, -0.15) is 13.2 Å². The molecule has 0 N–H and O–H groups in total. The second-order valence-electron chi connectivity index (χ2n) is 5.14.